The first-order valence-electron chi connectivity index (χ1n) is 15.4. The minimum absolute atomic E-state index is 0.505. The number of rotatable bonds is 0. The molecule has 0 amide bonds. The molecule has 15 heteroatoms. The molecule has 0 bridgehead atoms. The van der Waals surface area contributed by atoms with Crippen LogP contribution in [0.2, 0.25) is 0 Å². The Hall–Kier alpha value is -0.600. The van der Waals surface area contributed by atoms with Crippen LogP contribution in [0.1, 0.15) is 0 Å². The highest BCUT2D eigenvalue weighted by Gasteiger charge is 2.00. The maximum absolute atomic E-state index is 5.95. The lowest BCUT2D eigenvalue weighted by molar-refractivity contribution is -0.0298. The fourth-order valence-electron chi connectivity index (χ4n) is 3.22. The molecular formula is C28H58N2O13. The van der Waals surface area contributed by atoms with Gasteiger partial charge >= 0.3 is 0 Å². The van der Waals surface area contributed by atoms with Gasteiger partial charge in [-0.2, -0.15) is 0 Å². The zero-order chi connectivity index (χ0) is 30.6. The van der Waals surface area contributed by atoms with Crippen LogP contribution in [-0.2, 0) is 61.6 Å². The van der Waals surface area contributed by atoms with E-state index in [0.29, 0.717) is 185 Å². The average Bonchev–Trinajstić information content (AvgIpc) is 3.01. The molecule has 1 aliphatic rings. The third kappa shape index (κ3) is 34.1. The van der Waals surface area contributed by atoms with Crippen LogP contribution >= 0.6 is 0 Å². The number of nitrogens with two attached hydrogens (primary N) is 1. The van der Waals surface area contributed by atoms with Gasteiger partial charge in [0.15, 0.2) is 0 Å². The molecule has 0 saturated carbocycles. The second-order valence-electron chi connectivity index (χ2n) is 9.00. The molecule has 0 aromatic rings. The van der Waals surface area contributed by atoms with Crippen LogP contribution in [0.4, 0.5) is 0 Å². The van der Waals surface area contributed by atoms with Crippen molar-refractivity contribution in [3.05, 3.63) is 0 Å². The summed E-state index contributed by atoms with van der Waals surface area (Å²) in [5.41, 5.74) is 0. The van der Waals surface area contributed by atoms with Crippen molar-refractivity contribution in [2.24, 2.45) is 5.84 Å². The number of nitrogens with zero attached hydrogens (tertiary/aromatic N) is 1. The van der Waals surface area contributed by atoms with Crippen molar-refractivity contribution in [2.45, 2.75) is 0 Å². The topological polar surface area (TPSA) is 149 Å². The molecule has 1 heterocycles. The van der Waals surface area contributed by atoms with Crippen molar-refractivity contribution in [1.29, 1.82) is 0 Å². The largest absolute Gasteiger partial charge is 0.378 e. The van der Waals surface area contributed by atoms with Crippen LogP contribution in [0, 0.1) is 0 Å². The van der Waals surface area contributed by atoms with Crippen molar-refractivity contribution in [3.8, 4) is 0 Å². The lowest BCUT2D eigenvalue weighted by Gasteiger charge is -2.16. The van der Waals surface area contributed by atoms with Gasteiger partial charge in [-0.15, -0.1) is 0 Å². The summed E-state index contributed by atoms with van der Waals surface area (Å²) in [6.45, 7) is 14.5. The molecule has 1 rings (SSSR count). The van der Waals surface area contributed by atoms with Crippen molar-refractivity contribution in [2.75, 3.05) is 185 Å². The Morgan fingerprint density at radius 2 is 0.326 bits per heavy atom. The molecule has 0 spiro atoms. The Bertz CT molecular complexity index is 487. The summed E-state index contributed by atoms with van der Waals surface area (Å²) in [6.07, 6.45) is 0. The molecule has 0 atom stereocenters. The van der Waals surface area contributed by atoms with Gasteiger partial charge in [-0.05, 0) is 0 Å². The average molecular weight is 631 g/mol. The zero-order valence-electron chi connectivity index (χ0n) is 26.1. The van der Waals surface area contributed by atoms with Crippen molar-refractivity contribution in [3.63, 3.8) is 0 Å². The summed E-state index contributed by atoms with van der Waals surface area (Å²) < 4.78 is 71.4. The summed E-state index contributed by atoms with van der Waals surface area (Å²) in [6, 6.07) is 0. The van der Waals surface area contributed by atoms with E-state index in [1.807, 2.05) is 0 Å². The summed E-state index contributed by atoms with van der Waals surface area (Å²) in [5.74, 6) is 5.95. The van der Waals surface area contributed by atoms with Crippen LogP contribution in [-0.4, -0.2) is 190 Å². The minimum atomic E-state index is 0.505. The second kappa shape index (κ2) is 35.9. The quantitative estimate of drug-likeness (QED) is 0.339. The Kier molecular flexibility index (Phi) is 33.7. The molecule has 1 saturated heterocycles. The second-order valence-corrected chi connectivity index (χ2v) is 9.00. The van der Waals surface area contributed by atoms with Crippen LogP contribution in [0.25, 0.3) is 0 Å². The number of hydrogen-bond acceptors (Lipinski definition) is 15. The molecule has 0 radical (unpaired) electrons. The van der Waals surface area contributed by atoms with E-state index < -0.39 is 0 Å². The molecule has 43 heavy (non-hydrogen) atoms. The van der Waals surface area contributed by atoms with Gasteiger partial charge < -0.3 is 61.6 Å². The van der Waals surface area contributed by atoms with E-state index in [1.54, 1.807) is 5.01 Å². The normalized spacial score (nSPS) is 24.2. The van der Waals surface area contributed by atoms with Gasteiger partial charge in [0.1, 0.15) is 0 Å². The van der Waals surface area contributed by atoms with E-state index in [2.05, 4.69) is 0 Å². The van der Waals surface area contributed by atoms with E-state index in [-0.39, 0.29) is 0 Å². The van der Waals surface area contributed by atoms with Gasteiger partial charge in [-0.3, -0.25) is 5.84 Å². The first-order valence-corrected chi connectivity index (χ1v) is 15.4. The molecule has 0 unspecified atom stereocenters. The highest BCUT2D eigenvalue weighted by Crippen LogP contribution is 1.89. The highest BCUT2D eigenvalue weighted by atomic mass is 16.6. The van der Waals surface area contributed by atoms with Crippen molar-refractivity contribution in [1.82, 2.24) is 5.01 Å². The van der Waals surface area contributed by atoms with Gasteiger partial charge in [0.2, 0.25) is 0 Å². The molecular weight excluding hydrogens is 572 g/mol. The fourth-order valence-corrected chi connectivity index (χ4v) is 3.22. The third-order valence-corrected chi connectivity index (χ3v) is 5.51. The Morgan fingerprint density at radius 1 is 0.209 bits per heavy atom. The van der Waals surface area contributed by atoms with Crippen LogP contribution in [0.15, 0.2) is 0 Å². The standard InChI is InChI=1S/C28H58N2O13/c29-30-1-3-31-5-7-33-9-11-35-13-15-37-17-19-39-21-23-41-25-27-43-28-26-42-24-22-40-20-18-38-16-14-36-12-10-34-8-6-32-4-2-30/h1-29H2. The molecule has 0 aliphatic carbocycles. The molecule has 15 nitrogen and oxygen atoms in total. The van der Waals surface area contributed by atoms with Crippen LogP contribution in [0.3, 0.4) is 0 Å². The lowest BCUT2D eigenvalue weighted by atomic mass is 10.5. The number of ether oxygens (including phenoxy) is 13. The van der Waals surface area contributed by atoms with E-state index in [0.717, 1.165) is 0 Å². The molecule has 0 aromatic carbocycles. The Morgan fingerprint density at radius 3 is 0.465 bits per heavy atom. The smallest absolute Gasteiger partial charge is 0.0701 e. The molecule has 258 valence electrons. The Labute approximate surface area is 257 Å². The Balaban J connectivity index is 2.04. The van der Waals surface area contributed by atoms with Crippen LogP contribution in [0.5, 0.6) is 0 Å². The van der Waals surface area contributed by atoms with Crippen molar-refractivity contribution < 1.29 is 61.6 Å². The molecule has 1 aliphatic heterocycles. The summed E-state index contributed by atoms with van der Waals surface area (Å²) in [7, 11) is 0. The van der Waals surface area contributed by atoms with Crippen LogP contribution < -0.4 is 5.84 Å². The number of hydrogen-bond donors (Lipinski definition) is 1. The van der Waals surface area contributed by atoms with E-state index in [9.17, 15) is 0 Å². The van der Waals surface area contributed by atoms with Gasteiger partial charge in [0, 0.05) is 13.1 Å². The predicted molar refractivity (Wildman–Crippen MR) is 156 cm³/mol. The number of hydrazine groups is 1. The first kappa shape index (κ1) is 40.4. The monoisotopic (exact) mass is 630 g/mol. The third-order valence-electron chi connectivity index (χ3n) is 5.51. The summed E-state index contributed by atoms with van der Waals surface area (Å²) >= 11 is 0. The van der Waals surface area contributed by atoms with Gasteiger partial charge in [-0.25, -0.2) is 5.01 Å². The van der Waals surface area contributed by atoms with Gasteiger partial charge in [0.25, 0.3) is 0 Å². The van der Waals surface area contributed by atoms with Gasteiger partial charge in [-0.1, -0.05) is 0 Å². The van der Waals surface area contributed by atoms with E-state index >= 15 is 0 Å². The highest BCUT2D eigenvalue weighted by molar-refractivity contribution is 4.48. The van der Waals surface area contributed by atoms with Crippen molar-refractivity contribution >= 4 is 0 Å². The maximum Gasteiger partial charge on any atom is 0.0701 e. The predicted octanol–water partition coefficient (Wildman–Crippen LogP) is -0.608. The summed E-state index contributed by atoms with van der Waals surface area (Å²) in [4.78, 5) is 0. The maximum atomic E-state index is 5.95. The lowest BCUT2D eigenvalue weighted by Crippen LogP contribution is -2.37. The molecule has 1 fully saturated rings. The van der Waals surface area contributed by atoms with E-state index in [1.165, 1.54) is 0 Å². The SMILES string of the molecule is NN1CCOCCOCCOCCOCCOCCOCCOCCOCCOCCOCCOCCOCCOCC1. The zero-order valence-corrected chi connectivity index (χ0v) is 26.1. The first-order chi connectivity index (χ1) is 21.4. The van der Waals surface area contributed by atoms with Gasteiger partial charge in [0.05, 0.1) is 172 Å². The molecule has 0 aromatic heterocycles. The van der Waals surface area contributed by atoms with E-state index in [4.69, 9.17) is 67.4 Å². The minimum Gasteiger partial charge on any atom is -0.378 e. The summed E-state index contributed by atoms with van der Waals surface area (Å²) in [5, 5.41) is 1.67. The molecule has 2 N–H and O–H groups in total. The fraction of sp³-hybridized carbons (Fsp3) is 1.00.